The van der Waals surface area contributed by atoms with Crippen molar-refractivity contribution in [3.8, 4) is 0 Å². The summed E-state index contributed by atoms with van der Waals surface area (Å²) in [7, 11) is 1.82. The molecule has 1 unspecified atom stereocenters. The minimum atomic E-state index is -0.673. The van der Waals surface area contributed by atoms with Gasteiger partial charge >= 0.3 is 0 Å². The van der Waals surface area contributed by atoms with Gasteiger partial charge in [-0.3, -0.25) is 4.68 Å². The van der Waals surface area contributed by atoms with Gasteiger partial charge in [-0.05, 0) is 30.5 Å². The second-order valence-electron chi connectivity index (χ2n) is 4.45. The maximum atomic E-state index is 13.7. The van der Waals surface area contributed by atoms with Crippen LogP contribution in [0.2, 0.25) is 0 Å². The van der Waals surface area contributed by atoms with Gasteiger partial charge in [-0.25, -0.2) is 8.78 Å². The monoisotopic (exact) mass is 329 g/mol. The Morgan fingerprint density at radius 2 is 2.00 bits per heavy atom. The van der Waals surface area contributed by atoms with Gasteiger partial charge in [-0.15, -0.1) is 0 Å². The fourth-order valence-corrected chi connectivity index (χ4v) is 2.38. The molecule has 19 heavy (non-hydrogen) atoms. The molecule has 0 bridgehead atoms. The molecule has 0 saturated heterocycles. The first-order valence-electron chi connectivity index (χ1n) is 5.85. The van der Waals surface area contributed by atoms with E-state index in [0.717, 1.165) is 5.56 Å². The highest BCUT2D eigenvalue weighted by molar-refractivity contribution is 9.10. The number of benzene rings is 1. The fourth-order valence-electron chi connectivity index (χ4n) is 1.98. The molecule has 0 saturated carbocycles. The number of nitrogens with two attached hydrogens (primary N) is 1. The molecule has 6 heteroatoms. The number of hydrogen-bond donors (Lipinski definition) is 1. The summed E-state index contributed by atoms with van der Waals surface area (Å²) in [5, 5.41) is 4.04. The first-order valence-corrected chi connectivity index (χ1v) is 6.64. The van der Waals surface area contributed by atoms with E-state index in [0.29, 0.717) is 17.3 Å². The lowest BCUT2D eigenvalue weighted by molar-refractivity contribution is 0.511. The fraction of sp³-hybridized carbons (Fsp3) is 0.308. The van der Waals surface area contributed by atoms with E-state index in [9.17, 15) is 8.78 Å². The topological polar surface area (TPSA) is 43.8 Å². The van der Waals surface area contributed by atoms with Gasteiger partial charge in [0.25, 0.3) is 0 Å². The molecule has 3 nitrogen and oxygen atoms in total. The summed E-state index contributed by atoms with van der Waals surface area (Å²) in [4.78, 5) is 0. The number of hydrogen-bond acceptors (Lipinski definition) is 2. The summed E-state index contributed by atoms with van der Waals surface area (Å²) in [6.07, 6.45) is 4.67. The van der Waals surface area contributed by atoms with Crippen molar-refractivity contribution in [2.24, 2.45) is 12.8 Å². The van der Waals surface area contributed by atoms with Gasteiger partial charge in [0, 0.05) is 29.3 Å². The Labute approximate surface area is 118 Å². The number of aryl methyl sites for hydroxylation is 2. The maximum Gasteiger partial charge on any atom is 0.132 e. The Kier molecular flexibility index (Phi) is 4.31. The van der Waals surface area contributed by atoms with Crippen LogP contribution in [0.4, 0.5) is 8.78 Å². The molecule has 0 aliphatic rings. The average molecular weight is 330 g/mol. The van der Waals surface area contributed by atoms with Crippen molar-refractivity contribution in [3.63, 3.8) is 0 Å². The number of rotatable bonds is 4. The summed E-state index contributed by atoms with van der Waals surface area (Å²) in [6.45, 7) is 0. The van der Waals surface area contributed by atoms with Crippen molar-refractivity contribution in [1.29, 1.82) is 0 Å². The van der Waals surface area contributed by atoms with Gasteiger partial charge in [0.05, 0.1) is 6.20 Å². The Balaban J connectivity index is 2.10. The molecule has 2 aromatic rings. The Bertz CT molecular complexity index is 560. The van der Waals surface area contributed by atoms with Crippen LogP contribution in [0.15, 0.2) is 29.0 Å². The molecule has 0 amide bonds. The maximum absolute atomic E-state index is 13.7. The van der Waals surface area contributed by atoms with Crippen LogP contribution in [0.5, 0.6) is 0 Å². The van der Waals surface area contributed by atoms with Crippen molar-refractivity contribution in [2.75, 3.05) is 0 Å². The molecule has 2 N–H and O–H groups in total. The molecule has 2 rings (SSSR count). The predicted octanol–water partition coefficient (Wildman–Crippen LogP) is 3.09. The van der Waals surface area contributed by atoms with Gasteiger partial charge in [-0.2, -0.15) is 5.10 Å². The zero-order chi connectivity index (χ0) is 14.0. The van der Waals surface area contributed by atoms with Gasteiger partial charge in [0.1, 0.15) is 11.6 Å². The van der Waals surface area contributed by atoms with E-state index in [2.05, 4.69) is 21.0 Å². The van der Waals surface area contributed by atoms with E-state index in [4.69, 9.17) is 5.73 Å². The number of nitrogens with zero attached hydrogens (tertiary/aromatic N) is 2. The number of halogens is 3. The number of aromatic nitrogens is 2. The normalized spacial score (nSPS) is 12.7. The second kappa shape index (κ2) is 5.79. The highest BCUT2D eigenvalue weighted by Crippen LogP contribution is 2.26. The molecule has 102 valence electrons. The minimum Gasteiger partial charge on any atom is -0.324 e. The molecular formula is C13H14BrF2N3. The van der Waals surface area contributed by atoms with Crippen LogP contribution in [0.25, 0.3) is 0 Å². The van der Waals surface area contributed by atoms with Gasteiger partial charge < -0.3 is 5.73 Å². The molecule has 0 aliphatic carbocycles. The van der Waals surface area contributed by atoms with Crippen LogP contribution < -0.4 is 5.73 Å². The van der Waals surface area contributed by atoms with Crippen LogP contribution in [0, 0.1) is 11.6 Å². The van der Waals surface area contributed by atoms with Crippen LogP contribution in [0.1, 0.15) is 23.6 Å². The molecule has 0 spiro atoms. The SMILES string of the molecule is Cn1cc(CCC(N)c2c(F)cc(Br)cc2F)cn1. The van der Waals surface area contributed by atoms with Crippen LogP contribution in [-0.4, -0.2) is 9.78 Å². The van der Waals surface area contributed by atoms with Crippen LogP contribution >= 0.6 is 15.9 Å². The van der Waals surface area contributed by atoms with E-state index < -0.39 is 17.7 Å². The summed E-state index contributed by atoms with van der Waals surface area (Å²) < 4.78 is 29.5. The standard InChI is InChI=1S/C13H14BrF2N3/c1-19-7-8(6-18-19)2-3-12(17)13-10(15)4-9(14)5-11(13)16/h4-7,12H,2-3,17H2,1H3. The molecule has 1 heterocycles. The molecule has 0 aliphatic heterocycles. The summed E-state index contributed by atoms with van der Waals surface area (Å²) in [5.74, 6) is -1.24. The molecule has 0 fully saturated rings. The van der Waals surface area contributed by atoms with Crippen molar-refractivity contribution in [3.05, 3.63) is 51.8 Å². The first kappa shape index (κ1) is 14.1. The van der Waals surface area contributed by atoms with E-state index in [1.54, 1.807) is 10.9 Å². The van der Waals surface area contributed by atoms with E-state index >= 15 is 0 Å². The zero-order valence-electron chi connectivity index (χ0n) is 10.4. The van der Waals surface area contributed by atoms with Crippen molar-refractivity contribution in [1.82, 2.24) is 9.78 Å². The highest BCUT2D eigenvalue weighted by Gasteiger charge is 2.17. The van der Waals surface area contributed by atoms with Crippen molar-refractivity contribution >= 4 is 15.9 Å². The van der Waals surface area contributed by atoms with E-state index in [1.165, 1.54) is 12.1 Å². The summed E-state index contributed by atoms with van der Waals surface area (Å²) >= 11 is 3.04. The van der Waals surface area contributed by atoms with Crippen LogP contribution in [-0.2, 0) is 13.5 Å². The lowest BCUT2D eigenvalue weighted by atomic mass is 10.00. The molecular weight excluding hydrogens is 316 g/mol. The van der Waals surface area contributed by atoms with E-state index in [1.807, 2.05) is 13.2 Å². The smallest absolute Gasteiger partial charge is 0.132 e. The van der Waals surface area contributed by atoms with E-state index in [-0.39, 0.29) is 5.56 Å². The lowest BCUT2D eigenvalue weighted by Crippen LogP contribution is -2.15. The van der Waals surface area contributed by atoms with Crippen LogP contribution in [0.3, 0.4) is 0 Å². The Morgan fingerprint density at radius 3 is 2.53 bits per heavy atom. The average Bonchev–Trinajstić information content (AvgIpc) is 2.71. The van der Waals surface area contributed by atoms with Crippen molar-refractivity contribution in [2.45, 2.75) is 18.9 Å². The van der Waals surface area contributed by atoms with Gasteiger partial charge in [0.15, 0.2) is 0 Å². The Hall–Kier alpha value is -1.27. The lowest BCUT2D eigenvalue weighted by Gasteiger charge is -2.13. The van der Waals surface area contributed by atoms with Gasteiger partial charge in [-0.1, -0.05) is 15.9 Å². The molecule has 1 aromatic carbocycles. The third-order valence-electron chi connectivity index (χ3n) is 2.92. The molecule has 0 radical (unpaired) electrons. The predicted molar refractivity (Wildman–Crippen MR) is 72.5 cm³/mol. The summed E-state index contributed by atoms with van der Waals surface area (Å²) in [5.41, 5.74) is 6.81. The third kappa shape index (κ3) is 3.39. The quantitative estimate of drug-likeness (QED) is 0.936. The largest absolute Gasteiger partial charge is 0.324 e. The second-order valence-corrected chi connectivity index (χ2v) is 5.37. The third-order valence-corrected chi connectivity index (χ3v) is 3.37. The minimum absolute atomic E-state index is 0.0629. The first-order chi connectivity index (χ1) is 8.97. The Morgan fingerprint density at radius 1 is 1.37 bits per heavy atom. The van der Waals surface area contributed by atoms with Gasteiger partial charge in [0.2, 0.25) is 0 Å². The van der Waals surface area contributed by atoms with Crippen molar-refractivity contribution < 1.29 is 8.78 Å². The highest BCUT2D eigenvalue weighted by atomic mass is 79.9. The molecule has 1 aromatic heterocycles. The zero-order valence-corrected chi connectivity index (χ0v) is 12.0. The summed E-state index contributed by atoms with van der Waals surface area (Å²) in [6, 6.07) is 1.78. The molecule has 1 atom stereocenters.